The molecular formula is C9H12ClN3S. The van der Waals surface area contributed by atoms with Crippen LogP contribution in [0.1, 0.15) is 31.6 Å². The highest BCUT2D eigenvalue weighted by Gasteiger charge is 2.10. The van der Waals surface area contributed by atoms with E-state index in [0.29, 0.717) is 16.1 Å². The van der Waals surface area contributed by atoms with E-state index in [1.165, 1.54) is 11.3 Å². The summed E-state index contributed by atoms with van der Waals surface area (Å²) in [6, 6.07) is 2.42. The number of halogens is 1. The molecule has 0 aliphatic heterocycles. The van der Waals surface area contributed by atoms with Crippen molar-refractivity contribution >= 4 is 28.1 Å². The molecule has 3 nitrogen and oxygen atoms in total. The summed E-state index contributed by atoms with van der Waals surface area (Å²) in [5, 5.41) is 13.0. The Morgan fingerprint density at radius 1 is 1.57 bits per heavy atom. The molecule has 76 valence electrons. The van der Waals surface area contributed by atoms with Crippen LogP contribution in [0.2, 0.25) is 5.15 Å². The van der Waals surface area contributed by atoms with Crippen molar-refractivity contribution in [3.63, 3.8) is 0 Å². The number of nitrogens with one attached hydrogen (secondary N) is 1. The van der Waals surface area contributed by atoms with E-state index in [9.17, 15) is 0 Å². The van der Waals surface area contributed by atoms with E-state index in [2.05, 4.69) is 24.1 Å². The van der Waals surface area contributed by atoms with E-state index < -0.39 is 0 Å². The van der Waals surface area contributed by atoms with E-state index in [4.69, 9.17) is 16.9 Å². The summed E-state index contributed by atoms with van der Waals surface area (Å²) in [5.74, 6) is 0. The summed E-state index contributed by atoms with van der Waals surface area (Å²) in [7, 11) is 0. The Kier molecular flexibility index (Phi) is 4.18. The van der Waals surface area contributed by atoms with E-state index >= 15 is 0 Å². The predicted molar refractivity (Wildman–Crippen MR) is 59.8 cm³/mol. The van der Waals surface area contributed by atoms with Gasteiger partial charge in [-0.05, 0) is 12.8 Å². The zero-order valence-corrected chi connectivity index (χ0v) is 9.74. The van der Waals surface area contributed by atoms with E-state index in [0.717, 1.165) is 18.0 Å². The van der Waals surface area contributed by atoms with Crippen molar-refractivity contribution in [1.29, 1.82) is 5.26 Å². The predicted octanol–water partition coefficient (Wildman–Crippen LogP) is 3.27. The minimum absolute atomic E-state index is 0.297. The molecule has 0 spiro atoms. The molecule has 0 bridgehead atoms. The lowest BCUT2D eigenvalue weighted by molar-refractivity contribution is 0.671. The summed E-state index contributed by atoms with van der Waals surface area (Å²) >= 11 is 7.06. The van der Waals surface area contributed by atoms with Gasteiger partial charge in [-0.1, -0.05) is 36.8 Å². The molecule has 0 saturated heterocycles. The van der Waals surface area contributed by atoms with Gasteiger partial charge in [0.15, 0.2) is 10.3 Å². The van der Waals surface area contributed by atoms with Crippen LogP contribution in [-0.2, 0) is 0 Å². The third-order valence-corrected chi connectivity index (χ3v) is 3.28. The van der Waals surface area contributed by atoms with E-state index in [1.54, 1.807) is 0 Å². The fourth-order valence-electron chi connectivity index (χ4n) is 1.10. The largest absolute Gasteiger partial charge is 0.359 e. The van der Waals surface area contributed by atoms with Crippen molar-refractivity contribution in [2.24, 2.45) is 0 Å². The number of hydrogen-bond donors (Lipinski definition) is 1. The zero-order valence-electron chi connectivity index (χ0n) is 8.17. The van der Waals surface area contributed by atoms with E-state index in [-0.39, 0.29) is 0 Å². The molecule has 0 atom stereocenters. The van der Waals surface area contributed by atoms with Gasteiger partial charge in [-0.2, -0.15) is 5.26 Å². The molecule has 1 rings (SSSR count). The normalized spacial score (nSPS) is 10.2. The van der Waals surface area contributed by atoms with Crippen LogP contribution in [0.3, 0.4) is 0 Å². The molecule has 1 aromatic rings. The van der Waals surface area contributed by atoms with Crippen molar-refractivity contribution in [3.8, 4) is 6.07 Å². The highest BCUT2D eigenvalue weighted by molar-refractivity contribution is 7.16. The van der Waals surface area contributed by atoms with Crippen LogP contribution in [0.5, 0.6) is 0 Å². The minimum atomic E-state index is 0.297. The van der Waals surface area contributed by atoms with E-state index in [1.807, 2.05) is 6.07 Å². The molecule has 0 saturated carbocycles. The van der Waals surface area contributed by atoms with Gasteiger partial charge < -0.3 is 5.32 Å². The number of rotatable bonds is 4. The summed E-state index contributed by atoms with van der Waals surface area (Å²) in [4.78, 5) is 4.54. The Morgan fingerprint density at radius 3 is 2.64 bits per heavy atom. The first kappa shape index (κ1) is 11.3. The smallest absolute Gasteiger partial charge is 0.185 e. The molecule has 14 heavy (non-hydrogen) atoms. The summed E-state index contributed by atoms with van der Waals surface area (Å²) in [6.45, 7) is 4.23. The van der Waals surface area contributed by atoms with Crippen molar-refractivity contribution in [3.05, 3.63) is 10.0 Å². The molecule has 0 radical (unpaired) electrons. The quantitative estimate of drug-likeness (QED) is 0.862. The van der Waals surface area contributed by atoms with Gasteiger partial charge in [-0.25, -0.2) is 4.98 Å². The van der Waals surface area contributed by atoms with Gasteiger partial charge in [0.1, 0.15) is 10.9 Å². The Labute approximate surface area is 92.7 Å². The van der Waals surface area contributed by atoms with Crippen molar-refractivity contribution in [2.75, 3.05) is 5.32 Å². The molecule has 0 aliphatic carbocycles. The van der Waals surface area contributed by atoms with Crippen molar-refractivity contribution < 1.29 is 0 Å². The topological polar surface area (TPSA) is 48.7 Å². The Balaban J connectivity index is 2.73. The second-order valence-corrected chi connectivity index (χ2v) is 4.27. The molecule has 1 N–H and O–H groups in total. The number of nitrogens with zero attached hydrogens (tertiary/aromatic N) is 2. The maximum atomic E-state index is 8.69. The summed E-state index contributed by atoms with van der Waals surface area (Å²) in [5.41, 5.74) is 0. The number of thiazole rings is 1. The van der Waals surface area contributed by atoms with Gasteiger partial charge in [0.05, 0.1) is 0 Å². The molecule has 1 aromatic heterocycles. The molecule has 0 amide bonds. The second kappa shape index (κ2) is 5.18. The number of anilines is 1. The molecular weight excluding hydrogens is 218 g/mol. The monoisotopic (exact) mass is 229 g/mol. The van der Waals surface area contributed by atoms with Crippen LogP contribution in [0.4, 0.5) is 5.13 Å². The van der Waals surface area contributed by atoms with Crippen molar-refractivity contribution in [2.45, 2.75) is 32.7 Å². The Morgan fingerprint density at radius 2 is 2.21 bits per heavy atom. The summed E-state index contributed by atoms with van der Waals surface area (Å²) < 4.78 is 0. The number of nitriles is 1. The lowest BCUT2D eigenvalue weighted by atomic mass is 10.2. The van der Waals surface area contributed by atoms with Crippen LogP contribution < -0.4 is 5.32 Å². The zero-order chi connectivity index (χ0) is 10.6. The fraction of sp³-hybridized carbons (Fsp3) is 0.556. The van der Waals surface area contributed by atoms with Crippen LogP contribution >= 0.6 is 22.9 Å². The summed E-state index contributed by atoms with van der Waals surface area (Å²) in [6.07, 6.45) is 2.07. The van der Waals surface area contributed by atoms with Gasteiger partial charge in [-0.15, -0.1) is 0 Å². The average Bonchev–Trinajstić information content (AvgIpc) is 2.55. The highest BCUT2D eigenvalue weighted by atomic mass is 35.5. The lowest BCUT2D eigenvalue weighted by Gasteiger charge is -2.12. The highest BCUT2D eigenvalue weighted by Crippen LogP contribution is 2.26. The Bertz CT molecular complexity index is 338. The first-order valence-electron chi connectivity index (χ1n) is 4.54. The van der Waals surface area contributed by atoms with Crippen LogP contribution in [0, 0.1) is 11.3 Å². The molecule has 0 aliphatic rings. The van der Waals surface area contributed by atoms with Crippen molar-refractivity contribution in [1.82, 2.24) is 4.98 Å². The number of aromatic nitrogens is 1. The van der Waals surface area contributed by atoms with Crippen LogP contribution in [0.15, 0.2) is 0 Å². The molecule has 5 heteroatoms. The second-order valence-electron chi connectivity index (χ2n) is 2.91. The molecule has 1 heterocycles. The third kappa shape index (κ3) is 2.60. The first-order chi connectivity index (χ1) is 6.71. The molecule has 0 aromatic carbocycles. The molecule has 0 unspecified atom stereocenters. The Hall–Kier alpha value is -0.790. The standard InChI is InChI=1S/C9H12ClN3S/c1-3-6(4-2)12-9-13-8(10)7(5-11)14-9/h6H,3-4H2,1-2H3,(H,12,13). The maximum Gasteiger partial charge on any atom is 0.185 e. The van der Waals surface area contributed by atoms with Crippen LogP contribution in [-0.4, -0.2) is 11.0 Å². The maximum absolute atomic E-state index is 8.69. The SMILES string of the molecule is CCC(CC)Nc1nc(Cl)c(C#N)s1. The first-order valence-corrected chi connectivity index (χ1v) is 5.73. The van der Waals surface area contributed by atoms with Gasteiger partial charge in [-0.3, -0.25) is 0 Å². The van der Waals surface area contributed by atoms with Crippen LogP contribution in [0.25, 0.3) is 0 Å². The average molecular weight is 230 g/mol. The lowest BCUT2D eigenvalue weighted by Crippen LogP contribution is -2.16. The van der Waals surface area contributed by atoms with Gasteiger partial charge >= 0.3 is 0 Å². The minimum Gasteiger partial charge on any atom is -0.359 e. The number of hydrogen-bond acceptors (Lipinski definition) is 4. The third-order valence-electron chi connectivity index (χ3n) is 2.00. The van der Waals surface area contributed by atoms with Gasteiger partial charge in [0.2, 0.25) is 0 Å². The van der Waals surface area contributed by atoms with Gasteiger partial charge in [0.25, 0.3) is 0 Å². The van der Waals surface area contributed by atoms with Gasteiger partial charge in [0, 0.05) is 6.04 Å². The molecule has 0 fully saturated rings. The fourth-order valence-corrected chi connectivity index (χ4v) is 2.12.